The van der Waals surface area contributed by atoms with E-state index in [2.05, 4.69) is 5.32 Å². The third-order valence-electron chi connectivity index (χ3n) is 5.44. The zero-order valence-electron chi connectivity index (χ0n) is 19.5. The summed E-state index contributed by atoms with van der Waals surface area (Å²) in [5.74, 6) is 1.34. The summed E-state index contributed by atoms with van der Waals surface area (Å²) in [6.45, 7) is 4.37. The molecular formula is C24H32N2O6S. The Labute approximate surface area is 195 Å². The van der Waals surface area contributed by atoms with Crippen LogP contribution in [0.1, 0.15) is 38.7 Å². The fourth-order valence-electron chi connectivity index (χ4n) is 3.82. The lowest BCUT2D eigenvalue weighted by molar-refractivity contribution is -0.124. The summed E-state index contributed by atoms with van der Waals surface area (Å²) in [5.41, 5.74) is 0.688. The number of hydrogen-bond donors (Lipinski definition) is 1. The van der Waals surface area contributed by atoms with Crippen molar-refractivity contribution in [2.75, 3.05) is 20.8 Å². The maximum atomic E-state index is 13.8. The largest absolute Gasteiger partial charge is 0.493 e. The Morgan fingerprint density at radius 2 is 1.73 bits per heavy atom. The van der Waals surface area contributed by atoms with Crippen LogP contribution < -0.4 is 19.5 Å². The molecule has 1 fully saturated rings. The van der Waals surface area contributed by atoms with Crippen molar-refractivity contribution in [3.8, 4) is 17.2 Å². The quantitative estimate of drug-likeness (QED) is 0.597. The van der Waals surface area contributed by atoms with Gasteiger partial charge in [0.2, 0.25) is 15.9 Å². The molecule has 0 bridgehead atoms. The molecule has 1 heterocycles. The van der Waals surface area contributed by atoms with Crippen LogP contribution in [0.25, 0.3) is 0 Å². The molecule has 2 aromatic carbocycles. The smallest absolute Gasteiger partial charge is 0.244 e. The summed E-state index contributed by atoms with van der Waals surface area (Å²) >= 11 is 0. The third-order valence-corrected chi connectivity index (χ3v) is 7.31. The second kappa shape index (κ2) is 10.9. The minimum absolute atomic E-state index is 0.0189. The average Bonchev–Trinajstić information content (AvgIpc) is 3.01. The summed E-state index contributed by atoms with van der Waals surface area (Å²) < 4.78 is 45.1. The molecule has 1 unspecified atom stereocenters. The molecule has 1 N–H and O–H groups in total. The molecule has 0 aromatic heterocycles. The van der Waals surface area contributed by atoms with Crippen molar-refractivity contribution in [2.45, 2.75) is 56.7 Å². The number of hydrogen-bond acceptors (Lipinski definition) is 6. The van der Waals surface area contributed by atoms with Gasteiger partial charge in [-0.3, -0.25) is 4.79 Å². The Balaban J connectivity index is 2.00. The first-order valence-corrected chi connectivity index (χ1v) is 12.5. The molecule has 1 aliphatic heterocycles. The Hall–Kier alpha value is -2.78. The SMILES string of the molecule is COc1ccc(CN(C2CCCCNC2=O)S(=O)(=O)c2ccc(OC(C)C)cc2)cc1OC. The van der Waals surface area contributed by atoms with Crippen LogP contribution in [-0.4, -0.2) is 51.5 Å². The molecule has 0 spiro atoms. The van der Waals surface area contributed by atoms with E-state index in [1.165, 1.54) is 30.7 Å². The zero-order chi connectivity index (χ0) is 24.0. The number of sulfonamides is 1. The van der Waals surface area contributed by atoms with E-state index in [-0.39, 0.29) is 23.5 Å². The second-order valence-corrected chi connectivity index (χ2v) is 10.1. The van der Waals surface area contributed by atoms with Crippen LogP contribution in [-0.2, 0) is 21.4 Å². The van der Waals surface area contributed by atoms with Gasteiger partial charge in [0.1, 0.15) is 11.8 Å². The van der Waals surface area contributed by atoms with E-state index in [4.69, 9.17) is 14.2 Å². The fourth-order valence-corrected chi connectivity index (χ4v) is 5.42. The van der Waals surface area contributed by atoms with Crippen molar-refractivity contribution in [3.05, 3.63) is 48.0 Å². The number of carbonyl (C=O) groups is 1. The molecule has 1 aliphatic rings. The van der Waals surface area contributed by atoms with Gasteiger partial charge >= 0.3 is 0 Å². The van der Waals surface area contributed by atoms with Gasteiger partial charge in [0.15, 0.2) is 11.5 Å². The number of ether oxygens (including phenoxy) is 3. The highest BCUT2D eigenvalue weighted by Gasteiger charge is 2.36. The first-order valence-electron chi connectivity index (χ1n) is 11.0. The van der Waals surface area contributed by atoms with Crippen LogP contribution >= 0.6 is 0 Å². The van der Waals surface area contributed by atoms with Crippen LogP contribution in [0.3, 0.4) is 0 Å². The summed E-state index contributed by atoms with van der Waals surface area (Å²) in [4.78, 5) is 12.9. The van der Waals surface area contributed by atoms with Crippen molar-refractivity contribution in [1.82, 2.24) is 9.62 Å². The molecule has 33 heavy (non-hydrogen) atoms. The maximum absolute atomic E-state index is 13.8. The maximum Gasteiger partial charge on any atom is 0.244 e. The Morgan fingerprint density at radius 1 is 1.03 bits per heavy atom. The number of methoxy groups -OCH3 is 2. The van der Waals surface area contributed by atoms with E-state index in [0.717, 1.165) is 12.8 Å². The Morgan fingerprint density at radius 3 is 2.36 bits per heavy atom. The van der Waals surface area contributed by atoms with Crippen LogP contribution in [0.4, 0.5) is 0 Å². The Bertz CT molecular complexity index is 1050. The first-order chi connectivity index (χ1) is 15.8. The lowest BCUT2D eigenvalue weighted by atomic mass is 10.1. The van der Waals surface area contributed by atoms with E-state index in [1.807, 2.05) is 13.8 Å². The molecule has 1 saturated heterocycles. The summed E-state index contributed by atoms with van der Waals surface area (Å²) in [6, 6.07) is 10.7. The summed E-state index contributed by atoms with van der Waals surface area (Å²) in [7, 11) is -0.922. The monoisotopic (exact) mass is 476 g/mol. The number of benzene rings is 2. The van der Waals surface area contributed by atoms with Crippen LogP contribution in [0.15, 0.2) is 47.4 Å². The normalized spacial score (nSPS) is 16.9. The van der Waals surface area contributed by atoms with Gasteiger partial charge in [-0.2, -0.15) is 4.31 Å². The third kappa shape index (κ3) is 5.97. The van der Waals surface area contributed by atoms with Crippen molar-refractivity contribution < 1.29 is 27.4 Å². The molecule has 8 nitrogen and oxygen atoms in total. The number of amides is 1. The van der Waals surface area contributed by atoms with E-state index < -0.39 is 16.1 Å². The van der Waals surface area contributed by atoms with Gasteiger partial charge in [-0.05, 0) is 75.1 Å². The van der Waals surface area contributed by atoms with Gasteiger partial charge in [0.25, 0.3) is 0 Å². The summed E-state index contributed by atoms with van der Waals surface area (Å²) in [5, 5.41) is 2.85. The first kappa shape index (κ1) is 24.9. The average molecular weight is 477 g/mol. The number of rotatable bonds is 9. The van der Waals surface area contributed by atoms with Gasteiger partial charge < -0.3 is 19.5 Å². The molecule has 180 valence electrons. The molecule has 3 rings (SSSR count). The molecule has 1 amide bonds. The molecule has 9 heteroatoms. The predicted molar refractivity (Wildman–Crippen MR) is 125 cm³/mol. The van der Waals surface area contributed by atoms with Crippen LogP contribution in [0.5, 0.6) is 17.2 Å². The van der Waals surface area contributed by atoms with E-state index >= 15 is 0 Å². The minimum atomic E-state index is -3.98. The highest BCUT2D eigenvalue weighted by atomic mass is 32.2. The van der Waals surface area contributed by atoms with Crippen molar-refractivity contribution in [1.29, 1.82) is 0 Å². The minimum Gasteiger partial charge on any atom is -0.493 e. The van der Waals surface area contributed by atoms with Crippen molar-refractivity contribution in [2.24, 2.45) is 0 Å². The van der Waals surface area contributed by atoms with Gasteiger partial charge in [-0.25, -0.2) is 8.42 Å². The standard InChI is InChI=1S/C24H32N2O6S/c1-17(2)32-19-9-11-20(12-10-19)33(28,29)26(21-7-5-6-14-25-24(21)27)16-18-8-13-22(30-3)23(15-18)31-4/h8-13,15,17,21H,5-7,14,16H2,1-4H3,(H,25,27). The molecule has 0 saturated carbocycles. The highest BCUT2D eigenvalue weighted by Crippen LogP contribution is 2.31. The van der Waals surface area contributed by atoms with Crippen molar-refractivity contribution in [3.63, 3.8) is 0 Å². The van der Waals surface area contributed by atoms with E-state index in [9.17, 15) is 13.2 Å². The Kier molecular flexibility index (Phi) is 8.20. The van der Waals surface area contributed by atoms with Crippen molar-refractivity contribution >= 4 is 15.9 Å². The highest BCUT2D eigenvalue weighted by molar-refractivity contribution is 7.89. The molecule has 2 aromatic rings. The number of carbonyl (C=O) groups excluding carboxylic acids is 1. The topological polar surface area (TPSA) is 94.2 Å². The van der Waals surface area contributed by atoms with Crippen LogP contribution in [0.2, 0.25) is 0 Å². The molecular weight excluding hydrogens is 444 g/mol. The van der Waals surface area contributed by atoms with E-state index in [0.29, 0.717) is 35.8 Å². The van der Waals surface area contributed by atoms with Gasteiger partial charge in [0.05, 0.1) is 25.2 Å². The zero-order valence-corrected chi connectivity index (χ0v) is 20.4. The number of nitrogens with one attached hydrogen (secondary N) is 1. The summed E-state index contributed by atoms with van der Waals surface area (Å²) in [6.07, 6.45) is 1.99. The van der Waals surface area contributed by atoms with E-state index in [1.54, 1.807) is 30.3 Å². The van der Waals surface area contributed by atoms with Crippen LogP contribution in [0, 0.1) is 0 Å². The second-order valence-electron chi connectivity index (χ2n) is 8.18. The predicted octanol–water partition coefficient (Wildman–Crippen LogP) is 3.35. The fraction of sp³-hybridized carbons (Fsp3) is 0.458. The molecule has 0 aliphatic carbocycles. The lowest BCUT2D eigenvalue weighted by Crippen LogP contribution is -2.48. The van der Waals surface area contributed by atoms with Gasteiger partial charge in [-0.15, -0.1) is 0 Å². The molecule has 1 atom stereocenters. The van der Waals surface area contributed by atoms with Gasteiger partial charge in [0, 0.05) is 13.1 Å². The van der Waals surface area contributed by atoms with Gasteiger partial charge in [-0.1, -0.05) is 6.07 Å². The molecule has 0 radical (unpaired) electrons. The number of nitrogens with zero attached hydrogens (tertiary/aromatic N) is 1. The lowest BCUT2D eigenvalue weighted by Gasteiger charge is -2.29.